The summed E-state index contributed by atoms with van der Waals surface area (Å²) >= 11 is 0.942. The van der Waals surface area contributed by atoms with Crippen molar-refractivity contribution in [1.82, 2.24) is 14.9 Å². The van der Waals surface area contributed by atoms with Gasteiger partial charge in [-0.3, -0.25) is 4.79 Å². The summed E-state index contributed by atoms with van der Waals surface area (Å²) in [6, 6.07) is 2.61. The topological polar surface area (TPSA) is 83.4 Å². The molecule has 1 N–H and O–H groups in total. The van der Waals surface area contributed by atoms with E-state index < -0.39 is 17.8 Å². The molecule has 0 aliphatic carbocycles. The van der Waals surface area contributed by atoms with Crippen LogP contribution >= 0.6 is 11.3 Å². The van der Waals surface area contributed by atoms with E-state index in [1.165, 1.54) is 23.2 Å². The van der Waals surface area contributed by atoms with E-state index in [1.807, 2.05) is 0 Å². The molecule has 10 heteroatoms. The molecule has 3 heterocycles. The SMILES string of the molecule is O=C(O)c1cc(C(=O)N2CCCC(c3nc(C(F)(F)F)cs3)C2)ccn1. The Morgan fingerprint density at radius 1 is 1.35 bits per heavy atom. The summed E-state index contributed by atoms with van der Waals surface area (Å²) in [6.07, 6.45) is -1.96. The number of carbonyl (C=O) groups is 2. The third-order valence-electron chi connectivity index (χ3n) is 4.10. The van der Waals surface area contributed by atoms with Crippen molar-refractivity contribution in [2.75, 3.05) is 13.1 Å². The lowest BCUT2D eigenvalue weighted by atomic mass is 9.98. The van der Waals surface area contributed by atoms with Crippen molar-refractivity contribution in [2.45, 2.75) is 24.9 Å². The van der Waals surface area contributed by atoms with Crippen molar-refractivity contribution < 1.29 is 27.9 Å². The van der Waals surface area contributed by atoms with Gasteiger partial charge in [-0.1, -0.05) is 0 Å². The Bertz CT molecular complexity index is 837. The Morgan fingerprint density at radius 2 is 2.12 bits per heavy atom. The molecule has 1 fully saturated rings. The van der Waals surface area contributed by atoms with Crippen LogP contribution in [-0.2, 0) is 6.18 Å². The maximum atomic E-state index is 12.7. The molecule has 1 amide bonds. The van der Waals surface area contributed by atoms with Crippen molar-refractivity contribution in [3.05, 3.63) is 45.7 Å². The van der Waals surface area contributed by atoms with Crippen molar-refractivity contribution in [2.24, 2.45) is 0 Å². The molecule has 26 heavy (non-hydrogen) atoms. The molecule has 1 aliphatic rings. The van der Waals surface area contributed by atoms with Crippen LogP contribution in [0.1, 0.15) is 50.3 Å². The zero-order valence-corrected chi connectivity index (χ0v) is 14.2. The Morgan fingerprint density at radius 3 is 2.77 bits per heavy atom. The van der Waals surface area contributed by atoms with Crippen LogP contribution in [0.3, 0.4) is 0 Å². The highest BCUT2D eigenvalue weighted by Gasteiger charge is 2.35. The van der Waals surface area contributed by atoms with Gasteiger partial charge in [-0.15, -0.1) is 11.3 Å². The van der Waals surface area contributed by atoms with E-state index >= 15 is 0 Å². The van der Waals surface area contributed by atoms with Crippen molar-refractivity contribution in [3.8, 4) is 0 Å². The molecule has 138 valence electrons. The van der Waals surface area contributed by atoms with Gasteiger partial charge in [0.1, 0.15) is 5.69 Å². The molecule has 0 bridgehead atoms. The fraction of sp³-hybridized carbons (Fsp3) is 0.375. The highest BCUT2D eigenvalue weighted by Crippen LogP contribution is 2.35. The number of carbonyl (C=O) groups excluding carboxylic acids is 1. The summed E-state index contributed by atoms with van der Waals surface area (Å²) in [6.45, 7) is 0.700. The van der Waals surface area contributed by atoms with E-state index in [0.29, 0.717) is 24.4 Å². The maximum absolute atomic E-state index is 12.7. The van der Waals surface area contributed by atoms with E-state index in [-0.39, 0.29) is 29.6 Å². The van der Waals surface area contributed by atoms with Crippen molar-refractivity contribution in [3.63, 3.8) is 0 Å². The molecule has 6 nitrogen and oxygen atoms in total. The number of thiazole rings is 1. The second-order valence-corrected chi connectivity index (χ2v) is 6.78. The summed E-state index contributed by atoms with van der Waals surface area (Å²) in [4.78, 5) is 32.5. The number of carboxylic acids is 1. The summed E-state index contributed by atoms with van der Waals surface area (Å²) in [5, 5.41) is 10.3. The van der Waals surface area contributed by atoms with Gasteiger partial charge in [0.05, 0.1) is 5.01 Å². The summed E-state index contributed by atoms with van der Waals surface area (Å²) < 4.78 is 38.2. The smallest absolute Gasteiger partial charge is 0.434 e. The predicted octanol–water partition coefficient (Wildman–Crippen LogP) is 3.27. The highest BCUT2D eigenvalue weighted by atomic mass is 32.1. The summed E-state index contributed by atoms with van der Waals surface area (Å²) in [5.74, 6) is -1.87. The summed E-state index contributed by atoms with van der Waals surface area (Å²) in [7, 11) is 0. The Hall–Kier alpha value is -2.49. The Balaban J connectivity index is 1.76. The second-order valence-electron chi connectivity index (χ2n) is 5.89. The van der Waals surface area contributed by atoms with E-state index in [9.17, 15) is 22.8 Å². The average molecular weight is 385 g/mol. The molecule has 3 rings (SSSR count). The van der Waals surface area contributed by atoms with E-state index in [2.05, 4.69) is 9.97 Å². The molecule has 0 saturated carbocycles. The van der Waals surface area contributed by atoms with E-state index in [1.54, 1.807) is 0 Å². The zero-order valence-electron chi connectivity index (χ0n) is 13.4. The molecule has 0 aromatic carbocycles. The first kappa shape index (κ1) is 18.3. The fourth-order valence-electron chi connectivity index (χ4n) is 2.83. The number of piperidine rings is 1. The third kappa shape index (κ3) is 3.85. The largest absolute Gasteiger partial charge is 0.477 e. The predicted molar refractivity (Wildman–Crippen MR) is 86.2 cm³/mol. The number of nitrogens with zero attached hydrogens (tertiary/aromatic N) is 3. The number of likely N-dealkylation sites (tertiary alicyclic amines) is 1. The van der Waals surface area contributed by atoms with Gasteiger partial charge in [0.15, 0.2) is 5.69 Å². The van der Waals surface area contributed by atoms with Crippen LogP contribution in [0.2, 0.25) is 0 Å². The van der Waals surface area contributed by atoms with Gasteiger partial charge in [0.2, 0.25) is 0 Å². The van der Waals surface area contributed by atoms with Gasteiger partial charge in [-0.2, -0.15) is 13.2 Å². The first-order chi connectivity index (χ1) is 12.3. The number of halogens is 3. The normalized spacial score (nSPS) is 18.0. The van der Waals surface area contributed by atoms with E-state index in [0.717, 1.165) is 16.7 Å². The van der Waals surface area contributed by atoms with Crippen molar-refractivity contribution >= 4 is 23.2 Å². The lowest BCUT2D eigenvalue weighted by Gasteiger charge is -2.32. The molecule has 2 aromatic rings. The number of rotatable bonds is 3. The minimum Gasteiger partial charge on any atom is -0.477 e. The van der Waals surface area contributed by atoms with Gasteiger partial charge >= 0.3 is 12.1 Å². The van der Waals surface area contributed by atoms with Gasteiger partial charge in [0.25, 0.3) is 5.91 Å². The number of hydrogen-bond acceptors (Lipinski definition) is 5. The van der Waals surface area contributed by atoms with Gasteiger partial charge in [-0.25, -0.2) is 14.8 Å². The van der Waals surface area contributed by atoms with Crippen LogP contribution in [0, 0.1) is 0 Å². The Labute approximate surface area is 150 Å². The summed E-state index contributed by atoms with van der Waals surface area (Å²) in [5.41, 5.74) is -0.964. The molecule has 0 spiro atoms. The molecule has 1 unspecified atom stereocenters. The second kappa shape index (κ2) is 7.02. The van der Waals surface area contributed by atoms with E-state index in [4.69, 9.17) is 5.11 Å². The van der Waals surface area contributed by atoms with Crippen molar-refractivity contribution in [1.29, 1.82) is 0 Å². The lowest BCUT2D eigenvalue weighted by Crippen LogP contribution is -2.39. The number of carboxylic acid groups (broad SMARTS) is 1. The molecule has 2 aromatic heterocycles. The van der Waals surface area contributed by atoms with Crippen LogP contribution in [0.25, 0.3) is 0 Å². The number of alkyl halides is 3. The molecule has 1 aliphatic heterocycles. The maximum Gasteiger partial charge on any atom is 0.434 e. The van der Waals surface area contributed by atoms with Gasteiger partial charge < -0.3 is 10.0 Å². The van der Waals surface area contributed by atoms with Gasteiger partial charge in [0, 0.05) is 36.1 Å². The molecule has 0 radical (unpaired) electrons. The minimum absolute atomic E-state index is 0.188. The Kier molecular flexibility index (Phi) is 4.94. The average Bonchev–Trinajstić information content (AvgIpc) is 3.12. The number of aromatic nitrogens is 2. The van der Waals surface area contributed by atoms with Gasteiger partial charge in [-0.05, 0) is 25.0 Å². The lowest BCUT2D eigenvalue weighted by molar-refractivity contribution is -0.140. The first-order valence-electron chi connectivity index (χ1n) is 7.77. The quantitative estimate of drug-likeness (QED) is 0.877. The standard InChI is InChI=1S/C16H14F3N3O3S/c17-16(18,19)12-8-26-13(21-12)10-2-1-5-22(7-10)14(23)9-3-4-20-11(6-9)15(24)25/h3-4,6,8,10H,1-2,5,7H2,(H,24,25). The molecule has 1 atom stereocenters. The minimum atomic E-state index is -4.48. The molecular weight excluding hydrogens is 371 g/mol. The number of aromatic carboxylic acids is 1. The van der Waals surface area contributed by atoms with Crippen LogP contribution in [-0.4, -0.2) is 44.9 Å². The molecule has 1 saturated heterocycles. The van der Waals surface area contributed by atoms with Crippen LogP contribution in [0.4, 0.5) is 13.2 Å². The highest BCUT2D eigenvalue weighted by molar-refractivity contribution is 7.09. The number of pyridine rings is 1. The van der Waals surface area contributed by atoms with Crippen LogP contribution < -0.4 is 0 Å². The van der Waals surface area contributed by atoms with Crippen LogP contribution in [0.15, 0.2) is 23.7 Å². The first-order valence-corrected chi connectivity index (χ1v) is 8.65. The number of amides is 1. The fourth-order valence-corrected chi connectivity index (χ4v) is 3.79. The monoisotopic (exact) mass is 385 g/mol. The van der Waals surface area contributed by atoms with Crippen LogP contribution in [0.5, 0.6) is 0 Å². The molecular formula is C16H14F3N3O3S. The third-order valence-corrected chi connectivity index (χ3v) is 5.10. The zero-order chi connectivity index (χ0) is 18.9. The number of hydrogen-bond donors (Lipinski definition) is 1.